The summed E-state index contributed by atoms with van der Waals surface area (Å²) in [5.41, 5.74) is 2.97. The van der Waals surface area contributed by atoms with Gasteiger partial charge in [-0.05, 0) is 25.1 Å². The molecule has 2 heterocycles. The van der Waals surface area contributed by atoms with Crippen molar-refractivity contribution < 1.29 is 4.74 Å². The van der Waals surface area contributed by atoms with Gasteiger partial charge in [0.2, 0.25) is 0 Å². The van der Waals surface area contributed by atoms with E-state index in [1.807, 2.05) is 19.1 Å². The van der Waals surface area contributed by atoms with Crippen LogP contribution in [0, 0.1) is 6.92 Å². The summed E-state index contributed by atoms with van der Waals surface area (Å²) in [5, 5.41) is 5.08. The Bertz CT molecular complexity index is 639. The molecule has 1 fully saturated rings. The van der Waals surface area contributed by atoms with Crippen molar-refractivity contribution in [2.45, 2.75) is 6.92 Å². The summed E-state index contributed by atoms with van der Waals surface area (Å²) in [5.74, 6) is 0.768. The highest BCUT2D eigenvalue weighted by Crippen LogP contribution is 2.37. The molecular formula is C15H18ClN3O. The zero-order valence-corrected chi connectivity index (χ0v) is 12.5. The van der Waals surface area contributed by atoms with Crippen LogP contribution in [0.25, 0.3) is 10.9 Å². The smallest absolute Gasteiger partial charge is 0.145 e. The van der Waals surface area contributed by atoms with E-state index < -0.39 is 0 Å². The van der Waals surface area contributed by atoms with Gasteiger partial charge in [0.05, 0.1) is 12.1 Å². The van der Waals surface area contributed by atoms with Crippen LogP contribution in [0.1, 0.15) is 5.69 Å². The van der Waals surface area contributed by atoms with E-state index >= 15 is 0 Å². The second-order valence-corrected chi connectivity index (χ2v) is 5.40. The highest BCUT2D eigenvalue weighted by Gasteiger charge is 2.18. The molecule has 5 heteroatoms. The molecule has 0 bridgehead atoms. The summed E-state index contributed by atoms with van der Waals surface area (Å²) in [7, 11) is 1.66. The number of benzene rings is 1. The number of fused-ring (bicyclic) bond motifs is 1. The molecular weight excluding hydrogens is 274 g/mol. The first kappa shape index (κ1) is 13.5. The van der Waals surface area contributed by atoms with Crippen LogP contribution in [0.15, 0.2) is 18.2 Å². The maximum Gasteiger partial charge on any atom is 0.145 e. The SMILES string of the molecule is COc1ccc(Cl)c2c(N3CCNCC3)cc(C)nc12. The minimum absolute atomic E-state index is 0.724. The molecule has 1 aliphatic heterocycles. The zero-order valence-electron chi connectivity index (χ0n) is 11.7. The van der Waals surface area contributed by atoms with Crippen molar-refractivity contribution >= 4 is 28.2 Å². The molecule has 1 saturated heterocycles. The minimum atomic E-state index is 0.724. The molecule has 4 nitrogen and oxygen atoms in total. The zero-order chi connectivity index (χ0) is 14.1. The number of aromatic nitrogens is 1. The lowest BCUT2D eigenvalue weighted by Gasteiger charge is -2.31. The van der Waals surface area contributed by atoms with E-state index in [-0.39, 0.29) is 0 Å². The number of nitrogens with one attached hydrogen (secondary N) is 1. The number of hydrogen-bond acceptors (Lipinski definition) is 4. The summed E-state index contributed by atoms with van der Waals surface area (Å²) < 4.78 is 5.43. The van der Waals surface area contributed by atoms with E-state index in [2.05, 4.69) is 21.3 Å². The van der Waals surface area contributed by atoms with Crippen LogP contribution in [0.4, 0.5) is 5.69 Å². The standard InChI is InChI=1S/C15H18ClN3O/c1-10-9-12(19-7-5-17-6-8-19)14-11(16)3-4-13(20-2)15(14)18-10/h3-4,9,17H,5-8H2,1-2H3. The van der Waals surface area contributed by atoms with Crippen LogP contribution in [-0.4, -0.2) is 38.3 Å². The average Bonchev–Trinajstić information content (AvgIpc) is 2.47. The Morgan fingerprint density at radius 3 is 2.75 bits per heavy atom. The third-order valence-electron chi connectivity index (χ3n) is 3.66. The first-order chi connectivity index (χ1) is 9.70. The van der Waals surface area contributed by atoms with Gasteiger partial charge >= 0.3 is 0 Å². The van der Waals surface area contributed by atoms with Crippen molar-refractivity contribution in [1.29, 1.82) is 0 Å². The molecule has 0 radical (unpaired) electrons. The summed E-state index contributed by atoms with van der Waals surface area (Å²) in [4.78, 5) is 6.97. The van der Waals surface area contributed by atoms with Crippen molar-refractivity contribution in [3.63, 3.8) is 0 Å². The molecule has 0 unspecified atom stereocenters. The Morgan fingerprint density at radius 2 is 2.05 bits per heavy atom. The van der Waals surface area contributed by atoms with Crippen molar-refractivity contribution in [1.82, 2.24) is 10.3 Å². The minimum Gasteiger partial charge on any atom is -0.494 e. The molecule has 106 valence electrons. The van der Waals surface area contributed by atoms with Crippen LogP contribution in [0.2, 0.25) is 5.02 Å². The predicted molar refractivity (Wildman–Crippen MR) is 83.1 cm³/mol. The number of aryl methyl sites for hydroxylation is 1. The average molecular weight is 292 g/mol. The molecule has 1 aromatic heterocycles. The van der Waals surface area contributed by atoms with E-state index in [0.717, 1.165) is 59.2 Å². The Labute approximate surface area is 123 Å². The lowest BCUT2D eigenvalue weighted by atomic mass is 10.1. The Balaban J connectivity index is 2.24. The number of rotatable bonds is 2. The Hall–Kier alpha value is -1.52. The van der Waals surface area contributed by atoms with Gasteiger partial charge in [-0.3, -0.25) is 0 Å². The van der Waals surface area contributed by atoms with Crippen LogP contribution < -0.4 is 15.0 Å². The van der Waals surface area contributed by atoms with E-state index in [4.69, 9.17) is 16.3 Å². The van der Waals surface area contributed by atoms with E-state index in [0.29, 0.717) is 0 Å². The van der Waals surface area contributed by atoms with Gasteiger partial charge in [-0.25, -0.2) is 4.98 Å². The van der Waals surface area contributed by atoms with Gasteiger partial charge < -0.3 is 15.0 Å². The molecule has 0 atom stereocenters. The van der Waals surface area contributed by atoms with Crippen LogP contribution in [0.5, 0.6) is 5.75 Å². The number of nitrogens with zero attached hydrogens (tertiary/aromatic N) is 2. The van der Waals surface area contributed by atoms with E-state index in [9.17, 15) is 0 Å². The lowest BCUT2D eigenvalue weighted by Crippen LogP contribution is -2.43. The maximum absolute atomic E-state index is 6.42. The van der Waals surface area contributed by atoms with Crippen LogP contribution in [-0.2, 0) is 0 Å². The number of piperazine rings is 1. The fourth-order valence-corrected chi connectivity index (χ4v) is 2.95. The van der Waals surface area contributed by atoms with E-state index in [1.165, 1.54) is 0 Å². The largest absolute Gasteiger partial charge is 0.494 e. The molecule has 0 amide bonds. The summed E-state index contributed by atoms with van der Waals surface area (Å²) in [6, 6.07) is 5.86. The van der Waals surface area contributed by atoms with Crippen LogP contribution >= 0.6 is 11.6 Å². The van der Waals surface area contributed by atoms with Gasteiger partial charge in [-0.15, -0.1) is 0 Å². The second-order valence-electron chi connectivity index (χ2n) is 4.99. The van der Waals surface area contributed by atoms with Crippen molar-refractivity contribution in [2.24, 2.45) is 0 Å². The molecule has 0 spiro atoms. The maximum atomic E-state index is 6.42. The number of hydrogen-bond donors (Lipinski definition) is 1. The van der Waals surface area contributed by atoms with Gasteiger partial charge in [-0.2, -0.15) is 0 Å². The second kappa shape index (κ2) is 5.46. The highest BCUT2D eigenvalue weighted by atomic mass is 35.5. The lowest BCUT2D eigenvalue weighted by molar-refractivity contribution is 0.419. The summed E-state index contributed by atoms with van der Waals surface area (Å²) in [6.45, 7) is 5.94. The Kier molecular flexibility index (Phi) is 3.68. The van der Waals surface area contributed by atoms with Gasteiger partial charge in [0.15, 0.2) is 0 Å². The monoisotopic (exact) mass is 291 g/mol. The number of pyridine rings is 1. The third-order valence-corrected chi connectivity index (χ3v) is 3.97. The topological polar surface area (TPSA) is 37.4 Å². The number of anilines is 1. The Morgan fingerprint density at radius 1 is 1.30 bits per heavy atom. The number of halogens is 1. The van der Waals surface area contributed by atoms with Crippen molar-refractivity contribution in [3.05, 3.63) is 28.9 Å². The van der Waals surface area contributed by atoms with Gasteiger partial charge in [0.25, 0.3) is 0 Å². The molecule has 1 N–H and O–H groups in total. The van der Waals surface area contributed by atoms with Gasteiger partial charge in [-0.1, -0.05) is 11.6 Å². The quantitative estimate of drug-likeness (QED) is 0.923. The fraction of sp³-hybridized carbons (Fsp3) is 0.400. The third kappa shape index (κ3) is 2.30. The molecule has 1 aromatic carbocycles. The first-order valence-electron chi connectivity index (χ1n) is 6.80. The fourth-order valence-electron chi connectivity index (χ4n) is 2.70. The predicted octanol–water partition coefficient (Wildman–Crippen LogP) is 2.61. The van der Waals surface area contributed by atoms with Crippen LogP contribution in [0.3, 0.4) is 0 Å². The highest BCUT2D eigenvalue weighted by molar-refractivity contribution is 6.36. The normalized spacial score (nSPS) is 15.7. The van der Waals surface area contributed by atoms with Crippen molar-refractivity contribution in [3.8, 4) is 5.75 Å². The summed E-state index contributed by atoms with van der Waals surface area (Å²) >= 11 is 6.42. The van der Waals surface area contributed by atoms with Gasteiger partial charge in [0, 0.05) is 42.9 Å². The molecule has 20 heavy (non-hydrogen) atoms. The molecule has 2 aromatic rings. The number of ether oxygens (including phenoxy) is 1. The molecule has 0 saturated carbocycles. The number of methoxy groups -OCH3 is 1. The molecule has 1 aliphatic rings. The first-order valence-corrected chi connectivity index (χ1v) is 7.18. The molecule has 3 rings (SSSR count). The van der Waals surface area contributed by atoms with E-state index in [1.54, 1.807) is 7.11 Å². The van der Waals surface area contributed by atoms with Gasteiger partial charge in [0.1, 0.15) is 11.3 Å². The molecule has 0 aliphatic carbocycles. The van der Waals surface area contributed by atoms with Crippen molar-refractivity contribution in [2.75, 3.05) is 38.2 Å². The summed E-state index contributed by atoms with van der Waals surface area (Å²) in [6.07, 6.45) is 0.